The molecular weight excluding hydrogens is 392 g/mol. The summed E-state index contributed by atoms with van der Waals surface area (Å²) in [7, 11) is 0. The summed E-state index contributed by atoms with van der Waals surface area (Å²) in [6.07, 6.45) is -2.32. The van der Waals surface area contributed by atoms with Crippen molar-refractivity contribution < 1.29 is 43.2 Å². The number of esters is 4. The molecule has 1 fully saturated rings. The molecule has 1 N–H and O–H groups in total. The van der Waals surface area contributed by atoms with Crippen LogP contribution in [-0.2, 0) is 38.1 Å². The number of carbonyl (C=O) groups excluding carboxylic acids is 4. The lowest BCUT2D eigenvalue weighted by molar-refractivity contribution is -0.300. The van der Waals surface area contributed by atoms with Gasteiger partial charge in [-0.2, -0.15) is 0 Å². The van der Waals surface area contributed by atoms with Gasteiger partial charge in [-0.25, -0.2) is 0 Å². The number of alkyl halides is 1. The van der Waals surface area contributed by atoms with Crippen molar-refractivity contribution in [1.29, 1.82) is 0 Å². The van der Waals surface area contributed by atoms with Crippen LogP contribution in [0.1, 0.15) is 27.7 Å². The maximum absolute atomic E-state index is 11.5. The van der Waals surface area contributed by atoms with E-state index in [1.807, 2.05) is 0 Å². The van der Waals surface area contributed by atoms with Crippen molar-refractivity contribution in [3.63, 3.8) is 0 Å². The second kappa shape index (κ2) is 7.93. The number of hydrogen-bond acceptors (Lipinski definition) is 9. The zero-order valence-corrected chi connectivity index (χ0v) is 15.2. The zero-order valence-electron chi connectivity index (χ0n) is 13.6. The van der Waals surface area contributed by atoms with Gasteiger partial charge in [0.2, 0.25) is 0 Å². The van der Waals surface area contributed by atoms with Gasteiger partial charge < -0.3 is 24.1 Å². The van der Waals surface area contributed by atoms with Crippen LogP contribution in [0.3, 0.4) is 0 Å². The second-order valence-electron chi connectivity index (χ2n) is 5.30. The first kappa shape index (κ1) is 20.4. The number of carbonyl (C=O) groups is 4. The molecule has 10 heteroatoms. The van der Waals surface area contributed by atoms with Crippen LogP contribution in [0.4, 0.5) is 0 Å². The van der Waals surface area contributed by atoms with Crippen LogP contribution in [0.25, 0.3) is 0 Å². The van der Waals surface area contributed by atoms with Crippen LogP contribution < -0.4 is 0 Å². The average molecular weight is 411 g/mol. The minimum atomic E-state index is -1.77. The van der Waals surface area contributed by atoms with Crippen molar-refractivity contribution in [3.05, 3.63) is 0 Å². The number of halogens is 1. The van der Waals surface area contributed by atoms with E-state index in [9.17, 15) is 24.3 Å². The van der Waals surface area contributed by atoms with Gasteiger partial charge in [-0.3, -0.25) is 19.2 Å². The fourth-order valence-electron chi connectivity index (χ4n) is 2.67. The molecule has 1 aliphatic rings. The number of aliphatic hydroxyl groups is 1. The monoisotopic (exact) mass is 410 g/mol. The van der Waals surface area contributed by atoms with Crippen molar-refractivity contribution in [2.24, 2.45) is 5.92 Å². The molecule has 5 atom stereocenters. The minimum absolute atomic E-state index is 0.318. The summed E-state index contributed by atoms with van der Waals surface area (Å²) in [6, 6.07) is 0. The number of rotatable bonds is 6. The Morgan fingerprint density at radius 3 is 1.92 bits per heavy atom. The highest BCUT2D eigenvalue weighted by Gasteiger charge is 2.72. The predicted molar refractivity (Wildman–Crippen MR) is 80.7 cm³/mol. The molecule has 1 aliphatic carbocycles. The van der Waals surface area contributed by atoms with Crippen molar-refractivity contribution in [2.75, 3.05) is 6.61 Å². The molecule has 9 nitrogen and oxygen atoms in total. The highest BCUT2D eigenvalue weighted by atomic mass is 79.9. The molecule has 0 aliphatic heterocycles. The maximum atomic E-state index is 11.5. The van der Waals surface area contributed by atoms with Crippen LogP contribution in [0.5, 0.6) is 0 Å². The van der Waals surface area contributed by atoms with E-state index in [1.165, 1.54) is 6.92 Å². The molecule has 1 saturated carbocycles. The van der Waals surface area contributed by atoms with Crippen LogP contribution in [0.15, 0.2) is 0 Å². The third kappa shape index (κ3) is 4.23. The molecule has 0 saturated heterocycles. The molecular formula is C14H19BrO9. The van der Waals surface area contributed by atoms with Gasteiger partial charge >= 0.3 is 23.9 Å². The Kier molecular flexibility index (Phi) is 6.73. The standard InChI is InChI=1S/C14H19BrO9/c1-6(16)21-5-10-11(22-7(2)17)12(23-8(3)18)14(10,13(15)20)24-9(4)19/h10-13,20H,5H2,1-4H3/t10?,11-,12?,13-,14-/m0/s1. The van der Waals surface area contributed by atoms with E-state index >= 15 is 0 Å². The third-order valence-corrected chi connectivity index (χ3v) is 4.19. The molecule has 0 amide bonds. The van der Waals surface area contributed by atoms with E-state index in [4.69, 9.17) is 18.9 Å². The van der Waals surface area contributed by atoms with Crippen molar-refractivity contribution in [1.82, 2.24) is 0 Å². The molecule has 0 heterocycles. The number of aliphatic hydroxyl groups excluding tert-OH is 1. The summed E-state index contributed by atoms with van der Waals surface area (Å²) in [4.78, 5) is 45.2. The van der Waals surface area contributed by atoms with Crippen molar-refractivity contribution in [2.45, 2.75) is 50.5 Å². The second-order valence-corrected chi connectivity index (χ2v) is 6.16. The average Bonchev–Trinajstić information content (AvgIpc) is 2.40. The van der Waals surface area contributed by atoms with Gasteiger partial charge in [-0.15, -0.1) is 0 Å². The molecule has 1 rings (SSSR count). The quantitative estimate of drug-likeness (QED) is 0.367. The van der Waals surface area contributed by atoms with E-state index in [1.54, 1.807) is 0 Å². The lowest BCUT2D eigenvalue weighted by Crippen LogP contribution is -2.77. The molecule has 24 heavy (non-hydrogen) atoms. The van der Waals surface area contributed by atoms with Gasteiger partial charge in [0, 0.05) is 27.7 Å². The lowest BCUT2D eigenvalue weighted by atomic mass is 9.64. The smallest absolute Gasteiger partial charge is 0.303 e. The molecule has 0 bridgehead atoms. The molecule has 2 unspecified atom stereocenters. The van der Waals surface area contributed by atoms with Gasteiger partial charge in [-0.05, 0) is 0 Å². The third-order valence-electron chi connectivity index (χ3n) is 3.47. The highest BCUT2D eigenvalue weighted by Crippen LogP contribution is 2.50. The number of hydrogen-bond donors (Lipinski definition) is 1. The first-order chi connectivity index (χ1) is 11.0. The van der Waals surface area contributed by atoms with Gasteiger partial charge in [0.15, 0.2) is 22.8 Å². The van der Waals surface area contributed by atoms with E-state index < -0.39 is 52.6 Å². The molecule has 0 spiro atoms. The Bertz CT molecular complexity index is 532. The minimum Gasteiger partial charge on any atom is -0.465 e. The first-order valence-electron chi connectivity index (χ1n) is 7.01. The van der Waals surface area contributed by atoms with Gasteiger partial charge in [-0.1, -0.05) is 15.9 Å². The summed E-state index contributed by atoms with van der Waals surface area (Å²) < 4.78 is 20.3. The summed E-state index contributed by atoms with van der Waals surface area (Å²) in [5.74, 6) is -3.72. The first-order valence-corrected chi connectivity index (χ1v) is 7.93. The van der Waals surface area contributed by atoms with Crippen molar-refractivity contribution in [3.8, 4) is 0 Å². The summed E-state index contributed by atoms with van der Waals surface area (Å²) >= 11 is 2.91. The summed E-state index contributed by atoms with van der Waals surface area (Å²) in [5, 5.41) is 8.64. The fraction of sp³-hybridized carbons (Fsp3) is 0.714. The molecule has 0 aromatic carbocycles. The largest absolute Gasteiger partial charge is 0.465 e. The van der Waals surface area contributed by atoms with Crippen LogP contribution in [0.2, 0.25) is 0 Å². The van der Waals surface area contributed by atoms with E-state index in [0.29, 0.717) is 0 Å². The Morgan fingerprint density at radius 2 is 1.54 bits per heavy atom. The van der Waals surface area contributed by atoms with E-state index in [2.05, 4.69) is 15.9 Å². The van der Waals surface area contributed by atoms with Crippen molar-refractivity contribution >= 4 is 39.8 Å². The fourth-order valence-corrected chi connectivity index (χ4v) is 3.36. The van der Waals surface area contributed by atoms with Gasteiger partial charge in [0.25, 0.3) is 0 Å². The maximum Gasteiger partial charge on any atom is 0.303 e. The van der Waals surface area contributed by atoms with E-state index in [-0.39, 0.29) is 6.61 Å². The van der Waals surface area contributed by atoms with Crippen LogP contribution >= 0.6 is 15.9 Å². The van der Waals surface area contributed by atoms with E-state index in [0.717, 1.165) is 20.8 Å². The summed E-state index contributed by atoms with van der Waals surface area (Å²) in [6.45, 7) is 4.21. The lowest BCUT2D eigenvalue weighted by Gasteiger charge is -2.57. The molecule has 0 aromatic heterocycles. The summed E-state index contributed by atoms with van der Waals surface area (Å²) in [5.41, 5.74) is -1.77. The Balaban J connectivity index is 3.25. The Hall–Kier alpha value is -1.68. The number of ether oxygens (including phenoxy) is 4. The normalized spacial score (nSPS) is 29.7. The Morgan fingerprint density at radius 1 is 1.00 bits per heavy atom. The topological polar surface area (TPSA) is 125 Å². The van der Waals surface area contributed by atoms with Gasteiger partial charge in [0.1, 0.15) is 6.61 Å². The van der Waals surface area contributed by atoms with Crippen LogP contribution in [0, 0.1) is 5.92 Å². The Labute approximate surface area is 146 Å². The molecule has 0 aromatic rings. The predicted octanol–water partition coefficient (Wildman–Crippen LogP) is 0.0579. The highest BCUT2D eigenvalue weighted by molar-refractivity contribution is 9.09. The molecule has 0 radical (unpaired) electrons. The SMILES string of the molecule is CC(=O)OCC1[C@H](OC(C)=O)C(OC(C)=O)[C@]1(OC(C)=O)[C@H](O)Br. The van der Waals surface area contributed by atoms with Gasteiger partial charge in [0.05, 0.1) is 5.92 Å². The molecule has 136 valence electrons. The zero-order chi connectivity index (χ0) is 18.7. The van der Waals surface area contributed by atoms with Crippen LogP contribution in [-0.4, -0.2) is 58.4 Å².